The van der Waals surface area contributed by atoms with Crippen molar-refractivity contribution in [3.8, 4) is 28.0 Å². The van der Waals surface area contributed by atoms with Crippen LogP contribution in [0.4, 0.5) is 5.82 Å². The van der Waals surface area contributed by atoms with Crippen molar-refractivity contribution in [2.45, 2.75) is 4.90 Å². The molecule has 6 nitrogen and oxygen atoms in total. The summed E-state index contributed by atoms with van der Waals surface area (Å²) < 4.78 is 33.5. The SMILES string of the molecule is COCOc1ccc(-c2cc(-c3ccc(S(C)(=O)=O)cc3)cnc2N)cc1. The molecule has 2 N–H and O–H groups in total. The molecule has 0 aliphatic rings. The van der Waals surface area contributed by atoms with Crippen LogP contribution < -0.4 is 10.5 Å². The minimum absolute atomic E-state index is 0.183. The number of rotatable bonds is 6. The fourth-order valence-electron chi connectivity index (χ4n) is 2.62. The molecule has 0 saturated heterocycles. The van der Waals surface area contributed by atoms with Crippen LogP contribution in [-0.4, -0.2) is 33.6 Å². The largest absolute Gasteiger partial charge is 0.468 e. The molecule has 7 heteroatoms. The predicted octanol–water partition coefficient (Wildman–Crippen LogP) is 3.38. The number of hydrogen-bond donors (Lipinski definition) is 1. The number of nitrogens with zero attached hydrogens (tertiary/aromatic N) is 1. The fourth-order valence-corrected chi connectivity index (χ4v) is 3.25. The van der Waals surface area contributed by atoms with Crippen LogP contribution in [-0.2, 0) is 14.6 Å². The van der Waals surface area contributed by atoms with E-state index >= 15 is 0 Å². The number of aromatic nitrogens is 1. The molecule has 1 heterocycles. The van der Waals surface area contributed by atoms with E-state index in [1.165, 1.54) is 6.26 Å². The highest BCUT2D eigenvalue weighted by Gasteiger charge is 2.10. The van der Waals surface area contributed by atoms with Gasteiger partial charge in [-0.05, 0) is 41.5 Å². The van der Waals surface area contributed by atoms with E-state index in [9.17, 15) is 8.42 Å². The van der Waals surface area contributed by atoms with Crippen molar-refractivity contribution < 1.29 is 17.9 Å². The van der Waals surface area contributed by atoms with Crippen molar-refractivity contribution in [3.63, 3.8) is 0 Å². The second-order valence-corrected chi connectivity index (χ2v) is 8.04. The lowest BCUT2D eigenvalue weighted by molar-refractivity contribution is 0.0511. The predicted molar refractivity (Wildman–Crippen MR) is 105 cm³/mol. The third-order valence-corrected chi connectivity index (χ3v) is 5.17. The molecule has 0 fully saturated rings. The lowest BCUT2D eigenvalue weighted by Gasteiger charge is -2.10. The quantitative estimate of drug-likeness (QED) is 0.655. The first-order valence-corrected chi connectivity index (χ1v) is 10.1. The van der Waals surface area contributed by atoms with Gasteiger partial charge in [-0.25, -0.2) is 13.4 Å². The van der Waals surface area contributed by atoms with Gasteiger partial charge in [-0.1, -0.05) is 24.3 Å². The molecular formula is C20H20N2O4S. The van der Waals surface area contributed by atoms with E-state index < -0.39 is 9.84 Å². The summed E-state index contributed by atoms with van der Waals surface area (Å²) in [6.07, 6.45) is 2.86. The Morgan fingerprint density at radius 2 is 1.59 bits per heavy atom. The molecule has 0 bridgehead atoms. The molecule has 3 rings (SSSR count). The minimum atomic E-state index is -3.23. The molecular weight excluding hydrogens is 364 g/mol. The molecule has 0 unspecified atom stereocenters. The number of ether oxygens (including phenoxy) is 2. The maximum atomic E-state index is 11.6. The minimum Gasteiger partial charge on any atom is -0.468 e. The van der Waals surface area contributed by atoms with Crippen LogP contribution in [0.1, 0.15) is 0 Å². The Hall–Kier alpha value is -2.90. The number of nitrogen functional groups attached to an aromatic ring is 1. The zero-order valence-corrected chi connectivity index (χ0v) is 15.9. The molecule has 2 aromatic carbocycles. The van der Waals surface area contributed by atoms with E-state index in [1.54, 1.807) is 37.6 Å². The van der Waals surface area contributed by atoms with Gasteiger partial charge in [-0.15, -0.1) is 0 Å². The summed E-state index contributed by atoms with van der Waals surface area (Å²) in [7, 11) is -1.66. The zero-order chi connectivity index (χ0) is 19.4. The van der Waals surface area contributed by atoms with Crippen molar-refractivity contribution in [2.75, 3.05) is 25.9 Å². The summed E-state index contributed by atoms with van der Waals surface area (Å²) in [4.78, 5) is 4.56. The summed E-state index contributed by atoms with van der Waals surface area (Å²) in [6, 6.07) is 16.1. The Morgan fingerprint density at radius 1 is 0.963 bits per heavy atom. The van der Waals surface area contributed by atoms with E-state index in [0.717, 1.165) is 22.3 Å². The van der Waals surface area contributed by atoms with Crippen LogP contribution in [0.5, 0.6) is 5.75 Å². The highest BCUT2D eigenvalue weighted by molar-refractivity contribution is 7.90. The number of nitrogens with two attached hydrogens (primary N) is 1. The Kier molecular flexibility index (Phi) is 5.43. The lowest BCUT2D eigenvalue weighted by Crippen LogP contribution is -1.99. The van der Waals surface area contributed by atoms with Gasteiger partial charge in [0.25, 0.3) is 0 Å². The Morgan fingerprint density at radius 3 is 2.19 bits per heavy atom. The molecule has 0 aliphatic heterocycles. The molecule has 0 atom stereocenters. The number of hydrogen-bond acceptors (Lipinski definition) is 6. The van der Waals surface area contributed by atoms with Gasteiger partial charge < -0.3 is 15.2 Å². The fraction of sp³-hybridized carbons (Fsp3) is 0.150. The maximum Gasteiger partial charge on any atom is 0.188 e. The van der Waals surface area contributed by atoms with E-state index in [-0.39, 0.29) is 11.7 Å². The van der Waals surface area contributed by atoms with Crippen molar-refractivity contribution >= 4 is 15.7 Å². The van der Waals surface area contributed by atoms with E-state index in [4.69, 9.17) is 15.2 Å². The maximum absolute atomic E-state index is 11.6. The number of sulfone groups is 1. The Labute approximate surface area is 158 Å². The monoisotopic (exact) mass is 384 g/mol. The first kappa shape index (κ1) is 18.9. The van der Waals surface area contributed by atoms with Crippen LogP contribution >= 0.6 is 0 Å². The summed E-state index contributed by atoms with van der Waals surface area (Å²) in [5, 5.41) is 0. The zero-order valence-electron chi connectivity index (χ0n) is 15.0. The van der Waals surface area contributed by atoms with E-state index in [0.29, 0.717) is 11.6 Å². The molecule has 3 aromatic rings. The van der Waals surface area contributed by atoms with Gasteiger partial charge in [0, 0.05) is 30.7 Å². The molecule has 0 spiro atoms. The molecule has 0 amide bonds. The molecule has 1 aromatic heterocycles. The van der Waals surface area contributed by atoms with E-state index in [1.807, 2.05) is 30.3 Å². The second kappa shape index (κ2) is 7.77. The van der Waals surface area contributed by atoms with Gasteiger partial charge in [0.1, 0.15) is 11.6 Å². The normalized spacial score (nSPS) is 11.3. The highest BCUT2D eigenvalue weighted by Crippen LogP contribution is 2.31. The van der Waals surface area contributed by atoms with Gasteiger partial charge in [0.2, 0.25) is 0 Å². The molecule has 0 radical (unpaired) electrons. The summed E-state index contributed by atoms with van der Waals surface area (Å²) >= 11 is 0. The highest BCUT2D eigenvalue weighted by atomic mass is 32.2. The molecule has 0 saturated carbocycles. The van der Waals surface area contributed by atoms with Gasteiger partial charge in [-0.2, -0.15) is 0 Å². The van der Waals surface area contributed by atoms with Crippen molar-refractivity contribution in [2.24, 2.45) is 0 Å². The summed E-state index contributed by atoms with van der Waals surface area (Å²) in [6.45, 7) is 0.183. The van der Waals surface area contributed by atoms with Crippen molar-refractivity contribution in [3.05, 3.63) is 60.8 Å². The number of anilines is 1. The molecule has 0 aliphatic carbocycles. The van der Waals surface area contributed by atoms with Gasteiger partial charge >= 0.3 is 0 Å². The second-order valence-electron chi connectivity index (χ2n) is 6.03. The van der Waals surface area contributed by atoms with Crippen molar-refractivity contribution in [1.82, 2.24) is 4.98 Å². The van der Waals surface area contributed by atoms with E-state index in [2.05, 4.69) is 4.98 Å². The summed E-state index contributed by atoms with van der Waals surface area (Å²) in [5.74, 6) is 1.11. The Balaban J connectivity index is 1.92. The third-order valence-electron chi connectivity index (χ3n) is 4.04. The van der Waals surface area contributed by atoms with Crippen LogP contribution in [0.25, 0.3) is 22.3 Å². The van der Waals surface area contributed by atoms with Crippen molar-refractivity contribution in [1.29, 1.82) is 0 Å². The molecule has 27 heavy (non-hydrogen) atoms. The van der Waals surface area contributed by atoms with Crippen LogP contribution in [0.3, 0.4) is 0 Å². The summed E-state index contributed by atoms with van der Waals surface area (Å²) in [5.41, 5.74) is 9.45. The first-order valence-electron chi connectivity index (χ1n) is 8.16. The average molecular weight is 384 g/mol. The molecule has 140 valence electrons. The number of pyridine rings is 1. The van der Waals surface area contributed by atoms with Crippen LogP contribution in [0, 0.1) is 0 Å². The smallest absolute Gasteiger partial charge is 0.188 e. The topological polar surface area (TPSA) is 91.5 Å². The number of benzene rings is 2. The van der Waals surface area contributed by atoms with Gasteiger partial charge in [0.15, 0.2) is 16.6 Å². The first-order chi connectivity index (χ1) is 12.9. The van der Waals surface area contributed by atoms with Gasteiger partial charge in [0.05, 0.1) is 4.90 Å². The average Bonchev–Trinajstić information content (AvgIpc) is 2.67. The third kappa shape index (κ3) is 4.45. The van der Waals surface area contributed by atoms with Crippen LogP contribution in [0.15, 0.2) is 65.7 Å². The standard InChI is InChI=1S/C20H20N2O4S/c1-25-13-26-17-7-3-15(4-8-17)19-11-16(12-22-20(19)21)14-5-9-18(10-6-14)27(2,23)24/h3-12H,13H2,1-2H3,(H2,21,22). The number of methoxy groups -OCH3 is 1. The Bertz CT molecular complexity index is 1030. The lowest BCUT2D eigenvalue weighted by atomic mass is 10.0. The van der Waals surface area contributed by atoms with Crippen LogP contribution in [0.2, 0.25) is 0 Å². The van der Waals surface area contributed by atoms with Gasteiger partial charge in [-0.3, -0.25) is 0 Å².